The van der Waals surface area contributed by atoms with Crippen molar-refractivity contribution in [2.75, 3.05) is 0 Å². The fourth-order valence-electron chi connectivity index (χ4n) is 2.74. The Bertz CT molecular complexity index is 819. The van der Waals surface area contributed by atoms with Crippen molar-refractivity contribution in [2.45, 2.75) is 25.9 Å². The van der Waals surface area contributed by atoms with Crippen LogP contribution in [-0.4, -0.2) is 18.1 Å². The standard InChI is InChI=1S/C16H12F10OSi2/c1-3-28(15-11(23)7(19)5(17)8(20)12(15)24)27-29(4-2)16-13(25)9(21)6(18)10(22)14(16)26/h28-29H,3-4H2,1-2H3. The summed E-state index contributed by atoms with van der Waals surface area (Å²) in [4.78, 5) is 0. The van der Waals surface area contributed by atoms with Crippen LogP contribution < -0.4 is 10.4 Å². The van der Waals surface area contributed by atoms with E-state index in [-0.39, 0.29) is 12.1 Å². The fourth-order valence-corrected chi connectivity index (χ4v) is 9.41. The zero-order chi connectivity index (χ0) is 22.2. The van der Waals surface area contributed by atoms with Gasteiger partial charge in [0.2, 0.25) is 29.7 Å². The van der Waals surface area contributed by atoms with Gasteiger partial charge in [-0.3, -0.25) is 0 Å². The minimum absolute atomic E-state index is 0.281. The molecule has 2 rings (SSSR count). The summed E-state index contributed by atoms with van der Waals surface area (Å²) in [5.41, 5.74) is 0. The van der Waals surface area contributed by atoms with E-state index in [4.69, 9.17) is 4.12 Å². The summed E-state index contributed by atoms with van der Waals surface area (Å²) in [5, 5.41) is -2.50. The summed E-state index contributed by atoms with van der Waals surface area (Å²) < 4.78 is 142. The molecule has 0 fully saturated rings. The van der Waals surface area contributed by atoms with Crippen LogP contribution in [0, 0.1) is 58.2 Å². The highest BCUT2D eigenvalue weighted by molar-refractivity contribution is 6.80. The molecule has 0 saturated heterocycles. The van der Waals surface area contributed by atoms with Crippen LogP contribution in [0.25, 0.3) is 0 Å². The van der Waals surface area contributed by atoms with Crippen LogP contribution in [0.15, 0.2) is 0 Å². The summed E-state index contributed by atoms with van der Waals surface area (Å²) in [6.07, 6.45) is 0. The quantitative estimate of drug-likeness (QED) is 0.273. The van der Waals surface area contributed by atoms with Crippen LogP contribution in [0.2, 0.25) is 12.1 Å². The lowest BCUT2D eigenvalue weighted by atomic mass is 10.3. The van der Waals surface area contributed by atoms with Gasteiger partial charge >= 0.3 is 0 Å². The molecule has 2 unspecified atom stereocenters. The molecular formula is C16H12F10OSi2. The molecule has 0 aromatic heterocycles. The lowest BCUT2D eigenvalue weighted by Gasteiger charge is -2.24. The predicted molar refractivity (Wildman–Crippen MR) is 88.1 cm³/mol. The number of rotatable bonds is 6. The Morgan fingerprint density at radius 3 is 0.862 bits per heavy atom. The van der Waals surface area contributed by atoms with Crippen molar-refractivity contribution in [1.29, 1.82) is 0 Å². The molecule has 160 valence electrons. The highest BCUT2D eigenvalue weighted by atomic mass is 28.4. The average molecular weight is 466 g/mol. The molecule has 0 amide bonds. The molecule has 0 aliphatic rings. The number of halogens is 10. The van der Waals surface area contributed by atoms with Gasteiger partial charge in [-0.25, -0.2) is 43.9 Å². The number of benzene rings is 2. The monoisotopic (exact) mass is 466 g/mol. The van der Waals surface area contributed by atoms with E-state index in [0.29, 0.717) is 0 Å². The SMILES string of the molecule is CC[SiH](O[SiH](CC)c1c(F)c(F)c(F)c(F)c1F)c1c(F)c(F)c(F)c(F)c1F. The van der Waals surface area contributed by atoms with E-state index >= 15 is 0 Å². The van der Waals surface area contributed by atoms with Gasteiger partial charge in [0, 0.05) is 10.4 Å². The molecule has 0 aliphatic heterocycles. The molecule has 0 radical (unpaired) electrons. The maximum atomic E-state index is 14.1. The maximum Gasteiger partial charge on any atom is 0.202 e. The van der Waals surface area contributed by atoms with Gasteiger partial charge in [0.25, 0.3) is 0 Å². The van der Waals surface area contributed by atoms with Crippen molar-refractivity contribution < 1.29 is 48.0 Å². The topological polar surface area (TPSA) is 9.23 Å². The van der Waals surface area contributed by atoms with Crippen LogP contribution in [0.4, 0.5) is 43.9 Å². The van der Waals surface area contributed by atoms with Gasteiger partial charge in [-0.15, -0.1) is 0 Å². The van der Waals surface area contributed by atoms with Crippen LogP contribution in [0.3, 0.4) is 0 Å². The van der Waals surface area contributed by atoms with Gasteiger partial charge in [0.1, 0.15) is 0 Å². The zero-order valence-corrected chi connectivity index (χ0v) is 17.1. The van der Waals surface area contributed by atoms with Crippen molar-refractivity contribution in [1.82, 2.24) is 0 Å². The van der Waals surface area contributed by atoms with Crippen LogP contribution in [0.5, 0.6) is 0 Å². The third-order valence-electron chi connectivity index (χ3n) is 4.20. The van der Waals surface area contributed by atoms with E-state index < -0.39 is 86.6 Å². The van der Waals surface area contributed by atoms with Crippen LogP contribution >= 0.6 is 0 Å². The Labute approximate surface area is 161 Å². The molecule has 0 N–H and O–H groups in total. The van der Waals surface area contributed by atoms with Crippen molar-refractivity contribution in [3.8, 4) is 0 Å². The summed E-state index contributed by atoms with van der Waals surface area (Å²) in [6, 6.07) is -0.561. The Morgan fingerprint density at radius 1 is 0.448 bits per heavy atom. The molecule has 1 nitrogen and oxygen atoms in total. The van der Waals surface area contributed by atoms with Gasteiger partial charge in [-0.05, 0) is 12.1 Å². The van der Waals surface area contributed by atoms with Crippen molar-refractivity contribution in [3.05, 3.63) is 58.2 Å². The van der Waals surface area contributed by atoms with E-state index in [0.717, 1.165) is 0 Å². The van der Waals surface area contributed by atoms with Crippen LogP contribution in [0.1, 0.15) is 13.8 Å². The molecule has 29 heavy (non-hydrogen) atoms. The third-order valence-corrected chi connectivity index (χ3v) is 10.6. The molecule has 13 heteroatoms. The van der Waals surface area contributed by atoms with Gasteiger partial charge < -0.3 is 4.12 Å². The van der Waals surface area contributed by atoms with E-state index in [1.807, 2.05) is 0 Å². The summed E-state index contributed by atoms with van der Waals surface area (Å²) in [7, 11) is -7.13. The molecule has 2 aromatic rings. The van der Waals surface area contributed by atoms with E-state index in [2.05, 4.69) is 0 Å². The second kappa shape index (κ2) is 8.87. The highest BCUT2D eigenvalue weighted by Crippen LogP contribution is 2.21. The first-order valence-electron chi connectivity index (χ1n) is 8.17. The predicted octanol–water partition coefficient (Wildman–Crippen LogP) is 3.70. The Hall–Kier alpha value is -1.87. The molecule has 0 heterocycles. The minimum atomic E-state index is -3.56. The van der Waals surface area contributed by atoms with Crippen LogP contribution in [-0.2, 0) is 4.12 Å². The summed E-state index contributed by atoms with van der Waals surface area (Å²) in [5.74, 6) is -22.3. The Kier molecular flexibility index (Phi) is 7.16. The summed E-state index contributed by atoms with van der Waals surface area (Å²) in [6.45, 7) is 2.54. The number of hydrogen-bond acceptors (Lipinski definition) is 1. The number of hydrogen-bond donors (Lipinski definition) is 0. The van der Waals surface area contributed by atoms with E-state index in [9.17, 15) is 43.9 Å². The molecular weight excluding hydrogens is 454 g/mol. The average Bonchev–Trinajstić information content (AvgIpc) is 2.71. The van der Waals surface area contributed by atoms with E-state index in [1.54, 1.807) is 0 Å². The first-order valence-corrected chi connectivity index (χ1v) is 11.9. The largest absolute Gasteiger partial charge is 0.453 e. The maximum absolute atomic E-state index is 14.1. The second-order valence-electron chi connectivity index (χ2n) is 5.90. The second-order valence-corrected chi connectivity index (χ2v) is 11.7. The molecule has 0 aliphatic carbocycles. The lowest BCUT2D eigenvalue weighted by Crippen LogP contribution is -2.49. The fraction of sp³-hybridized carbons (Fsp3) is 0.250. The third kappa shape index (κ3) is 3.94. The van der Waals surface area contributed by atoms with Crippen molar-refractivity contribution in [2.24, 2.45) is 0 Å². The Morgan fingerprint density at radius 2 is 0.655 bits per heavy atom. The Balaban J connectivity index is 2.60. The van der Waals surface area contributed by atoms with Crippen molar-refractivity contribution in [3.63, 3.8) is 0 Å². The lowest BCUT2D eigenvalue weighted by molar-refractivity contribution is 0.381. The van der Waals surface area contributed by atoms with E-state index in [1.165, 1.54) is 13.8 Å². The normalized spacial score (nSPS) is 13.7. The highest BCUT2D eigenvalue weighted by Gasteiger charge is 2.36. The summed E-state index contributed by atoms with van der Waals surface area (Å²) >= 11 is 0. The zero-order valence-electron chi connectivity index (χ0n) is 14.8. The molecule has 0 saturated carbocycles. The van der Waals surface area contributed by atoms with Gasteiger partial charge in [-0.2, -0.15) is 0 Å². The first kappa shape index (κ1) is 23.4. The van der Waals surface area contributed by atoms with Crippen molar-refractivity contribution >= 4 is 28.5 Å². The minimum Gasteiger partial charge on any atom is -0.453 e. The molecule has 0 bridgehead atoms. The molecule has 2 aromatic carbocycles. The van der Waals surface area contributed by atoms with Gasteiger partial charge in [0.05, 0.1) is 0 Å². The smallest absolute Gasteiger partial charge is 0.202 e. The van der Waals surface area contributed by atoms with Gasteiger partial charge in [-0.1, -0.05) is 13.8 Å². The molecule has 0 spiro atoms. The first-order chi connectivity index (χ1) is 13.5. The van der Waals surface area contributed by atoms with Gasteiger partial charge in [0.15, 0.2) is 46.5 Å². The molecule has 2 atom stereocenters.